The van der Waals surface area contributed by atoms with Crippen molar-refractivity contribution in [3.05, 3.63) is 11.4 Å². The molecule has 0 saturated heterocycles. The number of rotatable bonds is 6. The largest absolute Gasteiger partial charge is 0.349 e. The lowest BCUT2D eigenvalue weighted by atomic mass is 9.94. The van der Waals surface area contributed by atoms with E-state index < -0.39 is 0 Å². The predicted molar refractivity (Wildman–Crippen MR) is 98.0 cm³/mol. The summed E-state index contributed by atoms with van der Waals surface area (Å²) in [5.41, 5.74) is 0.380. The number of amides is 2. The molecular weight excluding hydrogens is 332 g/mol. The molecule has 26 heavy (non-hydrogen) atoms. The number of hydrogen-bond donors (Lipinski definition) is 2. The van der Waals surface area contributed by atoms with Crippen LogP contribution in [0, 0.1) is 5.92 Å². The lowest BCUT2D eigenvalue weighted by Gasteiger charge is -2.31. The minimum Gasteiger partial charge on any atom is -0.349 e. The molecule has 1 aliphatic heterocycles. The summed E-state index contributed by atoms with van der Waals surface area (Å²) in [7, 11) is 2.11. The van der Waals surface area contributed by atoms with E-state index in [2.05, 4.69) is 32.9 Å². The lowest BCUT2D eigenvalue weighted by Crippen LogP contribution is -2.48. The van der Waals surface area contributed by atoms with Crippen LogP contribution in [0.5, 0.6) is 0 Å². The van der Waals surface area contributed by atoms with Crippen LogP contribution in [-0.4, -0.2) is 63.9 Å². The summed E-state index contributed by atoms with van der Waals surface area (Å²) in [6.07, 6.45) is 6.39. The molecule has 1 atom stereocenters. The Balaban J connectivity index is 1.55. The van der Waals surface area contributed by atoms with Crippen LogP contribution in [0.3, 0.4) is 0 Å². The molecule has 0 spiro atoms. The molecule has 0 aromatic carbocycles. The van der Waals surface area contributed by atoms with E-state index in [0.717, 1.165) is 6.54 Å². The van der Waals surface area contributed by atoms with Gasteiger partial charge in [-0.2, -0.15) is 0 Å². The molecule has 8 heteroatoms. The van der Waals surface area contributed by atoms with Gasteiger partial charge in [0.2, 0.25) is 0 Å². The van der Waals surface area contributed by atoms with Crippen LogP contribution >= 0.6 is 0 Å². The third kappa shape index (κ3) is 4.06. The number of nitrogens with one attached hydrogen (secondary N) is 2. The molecule has 144 valence electrons. The first kappa shape index (κ1) is 18.8. The summed E-state index contributed by atoms with van der Waals surface area (Å²) >= 11 is 0. The maximum atomic E-state index is 12.5. The van der Waals surface area contributed by atoms with E-state index in [9.17, 15) is 9.59 Å². The summed E-state index contributed by atoms with van der Waals surface area (Å²) < 4.78 is 1.55. The van der Waals surface area contributed by atoms with E-state index in [1.165, 1.54) is 32.1 Å². The van der Waals surface area contributed by atoms with Gasteiger partial charge < -0.3 is 15.5 Å². The molecule has 0 bridgehead atoms. The Kier molecular flexibility index (Phi) is 5.90. The number of carbonyl (C=O) groups excluding carboxylic acids is 2. The van der Waals surface area contributed by atoms with Gasteiger partial charge in [-0.25, -0.2) is 4.68 Å². The topological polar surface area (TPSA) is 92.2 Å². The Morgan fingerprint density at radius 3 is 2.77 bits per heavy atom. The number of nitrogens with zero attached hydrogens (tertiary/aromatic N) is 4. The van der Waals surface area contributed by atoms with Crippen molar-refractivity contribution in [2.24, 2.45) is 5.92 Å². The smallest absolute Gasteiger partial charge is 0.274 e. The zero-order chi connectivity index (χ0) is 18.7. The van der Waals surface area contributed by atoms with Gasteiger partial charge in [-0.1, -0.05) is 38.3 Å². The Hall–Kier alpha value is -1.96. The number of aromatic nitrogens is 3. The van der Waals surface area contributed by atoms with Crippen LogP contribution < -0.4 is 10.6 Å². The van der Waals surface area contributed by atoms with E-state index in [0.29, 0.717) is 25.0 Å². The number of fused-ring (bicyclic) bond motifs is 1. The van der Waals surface area contributed by atoms with Crippen molar-refractivity contribution in [2.45, 2.75) is 64.6 Å². The third-order valence-electron chi connectivity index (χ3n) is 5.60. The minimum atomic E-state index is -0.332. The number of hydrogen-bond acceptors (Lipinski definition) is 5. The van der Waals surface area contributed by atoms with Gasteiger partial charge in [0.05, 0.1) is 12.6 Å². The van der Waals surface area contributed by atoms with Gasteiger partial charge in [-0.3, -0.25) is 9.59 Å². The van der Waals surface area contributed by atoms with Crippen LogP contribution in [0.2, 0.25) is 0 Å². The second kappa shape index (κ2) is 8.16. The molecular formula is C18H30N6O2. The third-order valence-corrected chi connectivity index (χ3v) is 5.60. The van der Waals surface area contributed by atoms with Crippen molar-refractivity contribution in [3.8, 4) is 0 Å². The van der Waals surface area contributed by atoms with Gasteiger partial charge in [-0.15, -0.1) is 5.10 Å². The maximum absolute atomic E-state index is 12.5. The molecule has 1 aliphatic carbocycles. The summed E-state index contributed by atoms with van der Waals surface area (Å²) in [5, 5.41) is 13.8. The minimum absolute atomic E-state index is 0.0109. The molecule has 1 aromatic heterocycles. The van der Waals surface area contributed by atoms with Crippen LogP contribution in [-0.2, 0) is 6.54 Å². The molecule has 8 nitrogen and oxygen atoms in total. The van der Waals surface area contributed by atoms with Gasteiger partial charge in [-0.05, 0) is 25.8 Å². The fourth-order valence-electron chi connectivity index (χ4n) is 3.80. The Bertz CT molecular complexity index is 650. The summed E-state index contributed by atoms with van der Waals surface area (Å²) in [4.78, 5) is 27.2. The Morgan fingerprint density at radius 2 is 2.08 bits per heavy atom. The highest BCUT2D eigenvalue weighted by molar-refractivity contribution is 6.05. The first-order valence-electron chi connectivity index (χ1n) is 9.70. The van der Waals surface area contributed by atoms with Crippen LogP contribution in [0.1, 0.15) is 66.9 Å². The van der Waals surface area contributed by atoms with Crippen molar-refractivity contribution >= 4 is 11.8 Å². The Labute approximate surface area is 154 Å². The highest BCUT2D eigenvalue weighted by Crippen LogP contribution is 2.21. The van der Waals surface area contributed by atoms with Gasteiger partial charge in [0.15, 0.2) is 11.4 Å². The molecule has 1 saturated carbocycles. The van der Waals surface area contributed by atoms with Crippen LogP contribution in [0.25, 0.3) is 0 Å². The zero-order valence-corrected chi connectivity index (χ0v) is 16.0. The molecule has 3 rings (SSSR count). The van der Waals surface area contributed by atoms with Gasteiger partial charge >= 0.3 is 0 Å². The standard InChI is InChI=1S/C18H30N6O2/c1-12(2)14-11-24-16(18(26)20-14)15(21-22-24)17(25)19-9-10-23(3)13-7-5-4-6-8-13/h12-14H,4-11H2,1-3H3,(H,19,25)(H,20,26)/t14-/m1/s1. The predicted octanol–water partition coefficient (Wildman–Crippen LogP) is 1.04. The average molecular weight is 362 g/mol. The van der Waals surface area contributed by atoms with Crippen molar-refractivity contribution in [2.75, 3.05) is 20.1 Å². The van der Waals surface area contributed by atoms with Gasteiger partial charge in [0.1, 0.15) is 0 Å². The van der Waals surface area contributed by atoms with Crippen molar-refractivity contribution in [1.82, 2.24) is 30.5 Å². The molecule has 2 N–H and O–H groups in total. The van der Waals surface area contributed by atoms with Crippen molar-refractivity contribution in [1.29, 1.82) is 0 Å². The summed E-state index contributed by atoms with van der Waals surface area (Å²) in [6.45, 7) is 5.96. The first-order valence-corrected chi connectivity index (χ1v) is 9.70. The molecule has 2 heterocycles. The fraction of sp³-hybridized carbons (Fsp3) is 0.778. The van der Waals surface area contributed by atoms with Gasteiger partial charge in [0, 0.05) is 19.1 Å². The summed E-state index contributed by atoms with van der Waals surface area (Å²) in [6, 6.07) is 0.623. The lowest BCUT2D eigenvalue weighted by molar-refractivity contribution is 0.0860. The highest BCUT2D eigenvalue weighted by Gasteiger charge is 2.33. The molecule has 0 radical (unpaired) electrons. The number of likely N-dealkylation sites (N-methyl/N-ethyl adjacent to an activating group) is 1. The van der Waals surface area contributed by atoms with E-state index in [1.54, 1.807) is 4.68 Å². The average Bonchev–Trinajstić information content (AvgIpc) is 3.07. The second-order valence-electron chi connectivity index (χ2n) is 7.82. The highest BCUT2D eigenvalue weighted by atomic mass is 16.2. The van der Waals surface area contributed by atoms with Gasteiger partial charge in [0.25, 0.3) is 11.8 Å². The molecule has 1 aromatic rings. The monoisotopic (exact) mass is 362 g/mol. The van der Waals surface area contributed by atoms with Crippen LogP contribution in [0.15, 0.2) is 0 Å². The molecule has 0 unspecified atom stereocenters. The molecule has 1 fully saturated rings. The Morgan fingerprint density at radius 1 is 1.35 bits per heavy atom. The van der Waals surface area contributed by atoms with E-state index in [4.69, 9.17) is 0 Å². The van der Waals surface area contributed by atoms with E-state index in [1.807, 2.05) is 13.8 Å². The quantitative estimate of drug-likeness (QED) is 0.789. The van der Waals surface area contributed by atoms with E-state index in [-0.39, 0.29) is 29.2 Å². The summed E-state index contributed by atoms with van der Waals surface area (Å²) in [5.74, 6) is -0.310. The SMILES string of the molecule is CC(C)[C@H]1Cn2nnc(C(=O)NCCN(C)C3CCCCC3)c2C(=O)N1. The molecule has 2 amide bonds. The number of carbonyl (C=O) groups is 2. The fourth-order valence-corrected chi connectivity index (χ4v) is 3.80. The van der Waals surface area contributed by atoms with Crippen molar-refractivity contribution < 1.29 is 9.59 Å². The normalized spacial score (nSPS) is 21.0. The first-order chi connectivity index (χ1) is 12.5. The molecule has 2 aliphatic rings. The van der Waals surface area contributed by atoms with Crippen LogP contribution in [0.4, 0.5) is 0 Å². The van der Waals surface area contributed by atoms with E-state index >= 15 is 0 Å². The second-order valence-corrected chi connectivity index (χ2v) is 7.82. The zero-order valence-electron chi connectivity index (χ0n) is 16.0. The maximum Gasteiger partial charge on any atom is 0.274 e. The van der Waals surface area contributed by atoms with Crippen molar-refractivity contribution in [3.63, 3.8) is 0 Å².